The second-order valence-electron chi connectivity index (χ2n) is 4.46. The average molecular weight is 311 g/mol. The van der Waals surface area contributed by atoms with Crippen molar-refractivity contribution in [3.05, 3.63) is 34.3 Å². The Kier molecular flexibility index (Phi) is 4.01. The van der Waals surface area contributed by atoms with E-state index in [-0.39, 0.29) is 11.8 Å². The van der Waals surface area contributed by atoms with Crippen molar-refractivity contribution in [1.29, 1.82) is 0 Å². The Bertz CT molecular complexity index is 472. The summed E-state index contributed by atoms with van der Waals surface area (Å²) in [4.78, 5) is 23.7. The summed E-state index contributed by atoms with van der Waals surface area (Å²) in [5.74, 6) is -0.376. The van der Waals surface area contributed by atoms with Crippen LogP contribution in [0.1, 0.15) is 30.1 Å². The number of halogens is 1. The van der Waals surface area contributed by atoms with Crippen LogP contribution in [-0.4, -0.2) is 23.9 Å². The Balaban J connectivity index is 1.94. The van der Waals surface area contributed by atoms with Crippen molar-refractivity contribution in [3.8, 4) is 0 Å². The first-order chi connectivity index (χ1) is 8.58. The maximum Gasteiger partial charge on any atom is 0.253 e. The number of nitrogens with one attached hydrogen (secondary N) is 2. The molecule has 1 unspecified atom stereocenters. The van der Waals surface area contributed by atoms with Gasteiger partial charge in [-0.3, -0.25) is 9.59 Å². The first-order valence-electron chi connectivity index (χ1n) is 5.93. The van der Waals surface area contributed by atoms with Crippen LogP contribution in [0.5, 0.6) is 0 Å². The van der Waals surface area contributed by atoms with Crippen molar-refractivity contribution in [2.24, 2.45) is 0 Å². The SMILES string of the molecule is CC(NC(=O)c1ccccc1Br)C(=O)NC1CC1. The Morgan fingerprint density at radius 3 is 2.61 bits per heavy atom. The van der Waals surface area contributed by atoms with Crippen molar-refractivity contribution >= 4 is 27.7 Å². The summed E-state index contributed by atoms with van der Waals surface area (Å²) < 4.78 is 0.720. The van der Waals surface area contributed by atoms with E-state index in [1.165, 1.54) is 0 Å². The van der Waals surface area contributed by atoms with Crippen LogP contribution >= 0.6 is 15.9 Å². The van der Waals surface area contributed by atoms with Gasteiger partial charge in [-0.15, -0.1) is 0 Å². The van der Waals surface area contributed by atoms with Gasteiger partial charge in [0.1, 0.15) is 6.04 Å². The highest BCUT2D eigenvalue weighted by atomic mass is 79.9. The highest BCUT2D eigenvalue weighted by Crippen LogP contribution is 2.19. The lowest BCUT2D eigenvalue weighted by atomic mass is 10.2. The summed E-state index contributed by atoms with van der Waals surface area (Å²) >= 11 is 3.31. The molecule has 4 nitrogen and oxygen atoms in total. The van der Waals surface area contributed by atoms with Crippen LogP contribution in [-0.2, 0) is 4.79 Å². The molecule has 2 amide bonds. The van der Waals surface area contributed by atoms with Gasteiger partial charge < -0.3 is 10.6 Å². The fourth-order valence-electron chi connectivity index (χ4n) is 1.54. The quantitative estimate of drug-likeness (QED) is 0.891. The van der Waals surface area contributed by atoms with Crippen molar-refractivity contribution < 1.29 is 9.59 Å². The molecular formula is C13H15BrN2O2. The standard InChI is InChI=1S/C13H15BrN2O2/c1-8(12(17)16-9-6-7-9)15-13(18)10-4-2-3-5-11(10)14/h2-5,8-9H,6-7H2,1H3,(H,15,18)(H,16,17). The monoisotopic (exact) mass is 310 g/mol. The fraction of sp³-hybridized carbons (Fsp3) is 0.385. The molecule has 0 bridgehead atoms. The van der Waals surface area contributed by atoms with Gasteiger partial charge in [0, 0.05) is 10.5 Å². The summed E-state index contributed by atoms with van der Waals surface area (Å²) in [5, 5.41) is 5.55. The molecule has 0 spiro atoms. The van der Waals surface area contributed by atoms with Gasteiger partial charge in [0.05, 0.1) is 5.56 Å². The molecule has 1 aliphatic rings. The molecule has 18 heavy (non-hydrogen) atoms. The highest BCUT2D eigenvalue weighted by molar-refractivity contribution is 9.10. The maximum absolute atomic E-state index is 12.0. The molecule has 2 N–H and O–H groups in total. The molecule has 0 aliphatic heterocycles. The number of hydrogen-bond acceptors (Lipinski definition) is 2. The van der Waals surface area contributed by atoms with E-state index in [4.69, 9.17) is 0 Å². The van der Waals surface area contributed by atoms with Crippen molar-refractivity contribution in [2.45, 2.75) is 31.8 Å². The average Bonchev–Trinajstić information content (AvgIpc) is 3.13. The smallest absolute Gasteiger partial charge is 0.253 e. The van der Waals surface area contributed by atoms with E-state index >= 15 is 0 Å². The molecule has 96 valence electrons. The van der Waals surface area contributed by atoms with E-state index in [0.717, 1.165) is 17.3 Å². The molecule has 1 atom stereocenters. The lowest BCUT2D eigenvalue weighted by molar-refractivity contribution is -0.122. The molecule has 1 aliphatic carbocycles. The maximum atomic E-state index is 12.0. The van der Waals surface area contributed by atoms with Crippen molar-refractivity contribution in [3.63, 3.8) is 0 Å². The van der Waals surface area contributed by atoms with Gasteiger partial charge in [-0.05, 0) is 47.8 Å². The second kappa shape index (κ2) is 5.52. The summed E-state index contributed by atoms with van der Waals surface area (Å²) in [6, 6.07) is 6.92. The zero-order valence-electron chi connectivity index (χ0n) is 10.1. The Morgan fingerprint density at radius 1 is 1.33 bits per heavy atom. The first-order valence-corrected chi connectivity index (χ1v) is 6.73. The largest absolute Gasteiger partial charge is 0.352 e. The van der Waals surface area contributed by atoms with E-state index in [9.17, 15) is 9.59 Å². The van der Waals surface area contributed by atoms with E-state index in [2.05, 4.69) is 26.6 Å². The van der Waals surface area contributed by atoms with Gasteiger partial charge in [-0.2, -0.15) is 0 Å². The van der Waals surface area contributed by atoms with Crippen LogP contribution in [0.4, 0.5) is 0 Å². The summed E-state index contributed by atoms with van der Waals surface area (Å²) in [6.45, 7) is 1.69. The predicted octanol–water partition coefficient (Wildman–Crippen LogP) is 1.85. The van der Waals surface area contributed by atoms with Crippen molar-refractivity contribution in [1.82, 2.24) is 10.6 Å². The number of carbonyl (C=O) groups is 2. The minimum Gasteiger partial charge on any atom is -0.352 e. The van der Waals surface area contributed by atoms with Crippen LogP contribution in [0.15, 0.2) is 28.7 Å². The zero-order valence-corrected chi connectivity index (χ0v) is 11.7. The number of amides is 2. The summed E-state index contributed by atoms with van der Waals surface area (Å²) in [5.41, 5.74) is 0.531. The molecule has 2 rings (SSSR count). The van der Waals surface area contributed by atoms with Gasteiger partial charge in [0.15, 0.2) is 0 Å². The van der Waals surface area contributed by atoms with Crippen LogP contribution in [0.3, 0.4) is 0 Å². The van der Waals surface area contributed by atoms with E-state index in [0.29, 0.717) is 11.6 Å². The molecule has 0 saturated heterocycles. The molecule has 0 heterocycles. The van der Waals surface area contributed by atoms with Gasteiger partial charge >= 0.3 is 0 Å². The Morgan fingerprint density at radius 2 is 2.00 bits per heavy atom. The van der Waals surface area contributed by atoms with Gasteiger partial charge in [0.25, 0.3) is 5.91 Å². The van der Waals surface area contributed by atoms with Gasteiger partial charge in [-0.1, -0.05) is 12.1 Å². The molecule has 1 saturated carbocycles. The number of rotatable bonds is 4. The minimum absolute atomic E-state index is 0.127. The third-order valence-electron chi connectivity index (χ3n) is 2.78. The van der Waals surface area contributed by atoms with Crippen LogP contribution in [0, 0.1) is 0 Å². The second-order valence-corrected chi connectivity index (χ2v) is 5.31. The molecule has 5 heteroatoms. The number of hydrogen-bond donors (Lipinski definition) is 2. The molecule has 1 fully saturated rings. The number of carbonyl (C=O) groups excluding carboxylic acids is 2. The molecule has 0 radical (unpaired) electrons. The van der Waals surface area contributed by atoms with Gasteiger partial charge in [-0.25, -0.2) is 0 Å². The van der Waals surface area contributed by atoms with Crippen molar-refractivity contribution in [2.75, 3.05) is 0 Å². The first kappa shape index (κ1) is 13.1. The predicted molar refractivity (Wildman–Crippen MR) is 72.2 cm³/mol. The Labute approximate surface area is 114 Å². The van der Waals surface area contributed by atoms with E-state index < -0.39 is 6.04 Å². The molecule has 1 aromatic rings. The summed E-state index contributed by atoms with van der Waals surface area (Å²) in [6.07, 6.45) is 2.08. The number of benzene rings is 1. The van der Waals surface area contributed by atoms with Gasteiger partial charge in [0.2, 0.25) is 5.91 Å². The fourth-order valence-corrected chi connectivity index (χ4v) is 2.00. The Hall–Kier alpha value is -1.36. The highest BCUT2D eigenvalue weighted by Gasteiger charge is 2.26. The molecular weight excluding hydrogens is 296 g/mol. The lowest BCUT2D eigenvalue weighted by Gasteiger charge is -2.14. The van der Waals surface area contributed by atoms with Crippen LogP contribution in [0.2, 0.25) is 0 Å². The topological polar surface area (TPSA) is 58.2 Å². The van der Waals surface area contributed by atoms with E-state index in [1.807, 2.05) is 6.07 Å². The minimum atomic E-state index is -0.523. The summed E-state index contributed by atoms with van der Waals surface area (Å²) in [7, 11) is 0. The third kappa shape index (κ3) is 3.32. The lowest BCUT2D eigenvalue weighted by Crippen LogP contribution is -2.45. The zero-order chi connectivity index (χ0) is 13.1. The normalized spacial score (nSPS) is 15.9. The molecule has 0 aromatic heterocycles. The third-order valence-corrected chi connectivity index (χ3v) is 3.47. The van der Waals surface area contributed by atoms with Crippen LogP contribution in [0.25, 0.3) is 0 Å². The van der Waals surface area contributed by atoms with E-state index in [1.54, 1.807) is 25.1 Å². The van der Waals surface area contributed by atoms with Crippen LogP contribution < -0.4 is 10.6 Å². The molecule has 1 aromatic carbocycles.